The summed E-state index contributed by atoms with van der Waals surface area (Å²) in [6, 6.07) is 0. The molecule has 0 aromatic rings. The number of hydrogen-bond acceptors (Lipinski definition) is 2. The Labute approximate surface area is 99.8 Å². The van der Waals surface area contributed by atoms with Crippen LogP contribution in [0.4, 0.5) is 0 Å². The molecule has 1 aliphatic rings. The van der Waals surface area contributed by atoms with Crippen LogP contribution in [0.2, 0.25) is 0 Å². The van der Waals surface area contributed by atoms with Gasteiger partial charge in [0, 0.05) is 6.92 Å². The zero-order chi connectivity index (χ0) is 12.0. The molecular formula is C14H26O2. The third-order valence-corrected chi connectivity index (χ3v) is 4.02. The Balaban J connectivity index is 2.33. The zero-order valence-corrected chi connectivity index (χ0v) is 11.0. The highest BCUT2D eigenvalue weighted by molar-refractivity contribution is 5.65. The fourth-order valence-corrected chi connectivity index (χ4v) is 2.76. The average Bonchev–Trinajstić information content (AvgIpc) is 2.26. The van der Waals surface area contributed by atoms with Crippen molar-refractivity contribution in [1.82, 2.24) is 0 Å². The van der Waals surface area contributed by atoms with Crippen LogP contribution in [0.25, 0.3) is 0 Å². The van der Waals surface area contributed by atoms with Crippen molar-refractivity contribution < 1.29 is 9.53 Å². The average molecular weight is 226 g/mol. The normalized spacial score (nSPS) is 27.4. The van der Waals surface area contributed by atoms with Gasteiger partial charge in [0.05, 0.1) is 6.61 Å². The monoisotopic (exact) mass is 226 g/mol. The summed E-state index contributed by atoms with van der Waals surface area (Å²) in [6.07, 6.45) is 7.91. The number of hydrogen-bond donors (Lipinski definition) is 0. The minimum absolute atomic E-state index is 0.143. The van der Waals surface area contributed by atoms with Crippen molar-refractivity contribution in [3.63, 3.8) is 0 Å². The van der Waals surface area contributed by atoms with Crippen LogP contribution in [0, 0.1) is 17.8 Å². The van der Waals surface area contributed by atoms with Crippen LogP contribution in [0.1, 0.15) is 59.3 Å². The van der Waals surface area contributed by atoms with E-state index in [9.17, 15) is 4.79 Å². The summed E-state index contributed by atoms with van der Waals surface area (Å²) in [7, 11) is 0. The van der Waals surface area contributed by atoms with E-state index in [1.54, 1.807) is 0 Å². The molecule has 1 aliphatic carbocycles. The van der Waals surface area contributed by atoms with E-state index < -0.39 is 0 Å². The van der Waals surface area contributed by atoms with Gasteiger partial charge in [0.25, 0.3) is 0 Å². The third kappa shape index (κ3) is 4.54. The molecular weight excluding hydrogens is 200 g/mol. The Bertz CT molecular complexity index is 213. The van der Waals surface area contributed by atoms with Gasteiger partial charge in [0.2, 0.25) is 0 Å². The lowest BCUT2D eigenvalue weighted by Gasteiger charge is -2.31. The quantitative estimate of drug-likeness (QED) is 0.667. The molecule has 0 N–H and O–H groups in total. The maximum absolute atomic E-state index is 10.8. The molecule has 1 fully saturated rings. The van der Waals surface area contributed by atoms with Gasteiger partial charge >= 0.3 is 5.97 Å². The molecule has 0 radical (unpaired) electrons. The summed E-state index contributed by atoms with van der Waals surface area (Å²) in [6.45, 7) is 6.69. The first kappa shape index (κ1) is 13.5. The summed E-state index contributed by atoms with van der Waals surface area (Å²) in [5.41, 5.74) is 0. The van der Waals surface area contributed by atoms with Crippen molar-refractivity contribution >= 4 is 5.97 Å². The molecule has 1 rings (SSSR count). The van der Waals surface area contributed by atoms with E-state index in [0.29, 0.717) is 12.5 Å². The highest BCUT2D eigenvalue weighted by Gasteiger charge is 2.24. The van der Waals surface area contributed by atoms with E-state index in [4.69, 9.17) is 4.74 Å². The molecule has 0 aromatic heterocycles. The van der Waals surface area contributed by atoms with Crippen LogP contribution in [0.5, 0.6) is 0 Å². The Morgan fingerprint density at radius 3 is 2.62 bits per heavy atom. The molecule has 0 saturated heterocycles. The van der Waals surface area contributed by atoms with Crippen molar-refractivity contribution in [3.05, 3.63) is 0 Å². The minimum Gasteiger partial charge on any atom is -0.466 e. The van der Waals surface area contributed by atoms with E-state index in [-0.39, 0.29) is 5.97 Å². The summed E-state index contributed by atoms with van der Waals surface area (Å²) < 4.78 is 5.13. The van der Waals surface area contributed by atoms with E-state index in [2.05, 4.69) is 13.8 Å². The molecule has 2 nitrogen and oxygen atoms in total. The molecule has 94 valence electrons. The molecule has 0 heterocycles. The van der Waals surface area contributed by atoms with Gasteiger partial charge in [0.15, 0.2) is 0 Å². The fourth-order valence-electron chi connectivity index (χ4n) is 2.76. The maximum Gasteiger partial charge on any atom is 0.302 e. The highest BCUT2D eigenvalue weighted by atomic mass is 16.5. The molecule has 0 aromatic carbocycles. The van der Waals surface area contributed by atoms with Gasteiger partial charge in [-0.2, -0.15) is 0 Å². The Kier molecular flexibility index (Phi) is 5.86. The van der Waals surface area contributed by atoms with Crippen LogP contribution < -0.4 is 0 Å². The first-order valence-electron chi connectivity index (χ1n) is 6.76. The van der Waals surface area contributed by atoms with E-state index >= 15 is 0 Å². The predicted octanol–water partition coefficient (Wildman–Crippen LogP) is 3.79. The second-order valence-corrected chi connectivity index (χ2v) is 5.33. The molecule has 0 bridgehead atoms. The van der Waals surface area contributed by atoms with Gasteiger partial charge in [-0.15, -0.1) is 0 Å². The third-order valence-electron chi connectivity index (χ3n) is 4.02. The highest BCUT2D eigenvalue weighted by Crippen LogP contribution is 2.34. The Hall–Kier alpha value is -0.530. The molecule has 0 amide bonds. The molecule has 2 heteroatoms. The lowest BCUT2D eigenvalue weighted by molar-refractivity contribution is -0.142. The summed E-state index contributed by atoms with van der Waals surface area (Å²) in [5, 5.41) is 0. The second-order valence-electron chi connectivity index (χ2n) is 5.33. The summed E-state index contributed by atoms with van der Waals surface area (Å²) in [4.78, 5) is 10.8. The van der Waals surface area contributed by atoms with Crippen molar-refractivity contribution in [2.45, 2.75) is 59.3 Å². The molecule has 3 unspecified atom stereocenters. The zero-order valence-electron chi connectivity index (χ0n) is 11.0. The van der Waals surface area contributed by atoms with Crippen LogP contribution in [0.15, 0.2) is 0 Å². The Morgan fingerprint density at radius 2 is 2.06 bits per heavy atom. The van der Waals surface area contributed by atoms with E-state index in [0.717, 1.165) is 18.3 Å². The Morgan fingerprint density at radius 1 is 1.38 bits per heavy atom. The van der Waals surface area contributed by atoms with Gasteiger partial charge < -0.3 is 4.74 Å². The van der Waals surface area contributed by atoms with Gasteiger partial charge in [0.1, 0.15) is 0 Å². The van der Waals surface area contributed by atoms with Crippen molar-refractivity contribution in [2.24, 2.45) is 17.8 Å². The lowest BCUT2D eigenvalue weighted by atomic mass is 9.75. The number of carbonyl (C=O) groups is 1. The number of ether oxygens (including phenoxy) is 1. The molecule has 0 aliphatic heterocycles. The van der Waals surface area contributed by atoms with Crippen LogP contribution in [-0.4, -0.2) is 12.6 Å². The van der Waals surface area contributed by atoms with Gasteiger partial charge in [-0.3, -0.25) is 4.79 Å². The van der Waals surface area contributed by atoms with Gasteiger partial charge in [-0.05, 0) is 24.2 Å². The van der Waals surface area contributed by atoms with Crippen LogP contribution in [0.3, 0.4) is 0 Å². The second kappa shape index (κ2) is 6.93. The van der Waals surface area contributed by atoms with Crippen LogP contribution in [-0.2, 0) is 9.53 Å². The minimum atomic E-state index is -0.143. The molecule has 1 saturated carbocycles. The standard InChI is InChI=1S/C14H26O2/c1-4-13(10-16-12(3)15)9-14-8-6-5-7-11(14)2/h11,13-14H,4-10H2,1-3H3. The van der Waals surface area contributed by atoms with E-state index in [1.165, 1.54) is 39.0 Å². The predicted molar refractivity (Wildman–Crippen MR) is 66.2 cm³/mol. The topological polar surface area (TPSA) is 26.3 Å². The SMILES string of the molecule is CCC(COC(C)=O)CC1CCCCC1C. The maximum atomic E-state index is 10.8. The first-order chi connectivity index (χ1) is 7.63. The summed E-state index contributed by atoms with van der Waals surface area (Å²) >= 11 is 0. The number of esters is 1. The first-order valence-corrected chi connectivity index (χ1v) is 6.76. The summed E-state index contributed by atoms with van der Waals surface area (Å²) in [5.74, 6) is 2.14. The molecule has 16 heavy (non-hydrogen) atoms. The fraction of sp³-hybridized carbons (Fsp3) is 0.929. The smallest absolute Gasteiger partial charge is 0.302 e. The molecule has 0 spiro atoms. The number of rotatable bonds is 5. The van der Waals surface area contributed by atoms with Crippen molar-refractivity contribution in [2.75, 3.05) is 6.61 Å². The van der Waals surface area contributed by atoms with Crippen molar-refractivity contribution in [1.29, 1.82) is 0 Å². The number of carbonyl (C=O) groups excluding carboxylic acids is 1. The largest absolute Gasteiger partial charge is 0.466 e. The van der Waals surface area contributed by atoms with Gasteiger partial charge in [-0.1, -0.05) is 46.0 Å². The van der Waals surface area contributed by atoms with Crippen LogP contribution >= 0.6 is 0 Å². The van der Waals surface area contributed by atoms with E-state index in [1.807, 2.05) is 0 Å². The molecule has 3 atom stereocenters. The van der Waals surface area contributed by atoms with Crippen molar-refractivity contribution in [3.8, 4) is 0 Å². The lowest BCUT2D eigenvalue weighted by Crippen LogP contribution is -2.22. The van der Waals surface area contributed by atoms with Gasteiger partial charge in [-0.25, -0.2) is 0 Å².